The third kappa shape index (κ3) is 7.44. The first-order chi connectivity index (χ1) is 18.4. The lowest BCUT2D eigenvalue weighted by Crippen LogP contribution is -2.42. The molecule has 0 bridgehead atoms. The summed E-state index contributed by atoms with van der Waals surface area (Å²) in [5.74, 6) is 0.981. The number of benzene rings is 3. The fourth-order valence-electron chi connectivity index (χ4n) is 4.26. The van der Waals surface area contributed by atoms with E-state index in [9.17, 15) is 13.2 Å². The SMILES string of the molecule is COc1ccc(S(=O)(=O)N(CC(=O)NCCOc2ccccc2C(C)(C)C)c2cc(C)cc(C)c2)cc1OC. The summed E-state index contributed by atoms with van der Waals surface area (Å²) >= 11 is 0. The van der Waals surface area contributed by atoms with Crippen LogP contribution in [0.25, 0.3) is 0 Å². The molecule has 1 N–H and O–H groups in total. The summed E-state index contributed by atoms with van der Waals surface area (Å²) in [6, 6.07) is 17.6. The van der Waals surface area contributed by atoms with Crippen molar-refractivity contribution in [2.24, 2.45) is 0 Å². The van der Waals surface area contributed by atoms with E-state index in [0.29, 0.717) is 11.4 Å². The Morgan fingerprint density at radius 1 is 0.872 bits per heavy atom. The van der Waals surface area contributed by atoms with Crippen LogP contribution in [0.5, 0.6) is 17.2 Å². The maximum Gasteiger partial charge on any atom is 0.264 e. The molecule has 3 aromatic carbocycles. The smallest absolute Gasteiger partial charge is 0.264 e. The summed E-state index contributed by atoms with van der Waals surface area (Å²) in [5, 5.41) is 2.79. The third-order valence-corrected chi connectivity index (χ3v) is 7.87. The van der Waals surface area contributed by atoms with Crippen LogP contribution < -0.4 is 23.8 Å². The first-order valence-electron chi connectivity index (χ1n) is 12.7. The van der Waals surface area contributed by atoms with Gasteiger partial charge in [-0.3, -0.25) is 9.10 Å². The highest BCUT2D eigenvalue weighted by molar-refractivity contribution is 7.92. The molecule has 0 saturated heterocycles. The van der Waals surface area contributed by atoms with Crippen LogP contribution in [0.1, 0.15) is 37.5 Å². The lowest BCUT2D eigenvalue weighted by atomic mass is 9.86. The van der Waals surface area contributed by atoms with Gasteiger partial charge in [0.2, 0.25) is 5.91 Å². The summed E-state index contributed by atoms with van der Waals surface area (Å²) in [5.41, 5.74) is 3.13. The number of rotatable bonds is 11. The monoisotopic (exact) mass is 554 g/mol. The van der Waals surface area contributed by atoms with Crippen molar-refractivity contribution in [1.29, 1.82) is 0 Å². The minimum absolute atomic E-state index is 0.0192. The second-order valence-electron chi connectivity index (χ2n) is 10.3. The van der Waals surface area contributed by atoms with Crippen molar-refractivity contribution < 1.29 is 27.4 Å². The summed E-state index contributed by atoms with van der Waals surface area (Å²) in [6.45, 7) is 10.1. The lowest BCUT2D eigenvalue weighted by Gasteiger charge is -2.25. The van der Waals surface area contributed by atoms with Crippen LogP contribution in [-0.4, -0.2) is 48.2 Å². The molecule has 39 heavy (non-hydrogen) atoms. The van der Waals surface area contributed by atoms with Crippen LogP contribution in [0.15, 0.2) is 65.6 Å². The molecule has 0 aliphatic heterocycles. The number of hydrogen-bond acceptors (Lipinski definition) is 6. The number of amides is 1. The number of nitrogens with one attached hydrogen (secondary N) is 1. The minimum atomic E-state index is -4.13. The van der Waals surface area contributed by atoms with Crippen molar-refractivity contribution in [1.82, 2.24) is 5.32 Å². The highest BCUT2D eigenvalue weighted by Gasteiger charge is 2.29. The summed E-state index contributed by atoms with van der Waals surface area (Å²) in [7, 11) is -1.22. The number of methoxy groups -OCH3 is 2. The van der Waals surface area contributed by atoms with Gasteiger partial charge < -0.3 is 19.5 Å². The summed E-state index contributed by atoms with van der Waals surface area (Å²) in [4.78, 5) is 13.0. The molecule has 210 valence electrons. The molecular formula is C30H38N2O6S. The Morgan fingerprint density at radius 2 is 1.51 bits per heavy atom. The number of sulfonamides is 1. The van der Waals surface area contributed by atoms with Gasteiger partial charge in [0, 0.05) is 6.07 Å². The van der Waals surface area contributed by atoms with E-state index in [1.54, 1.807) is 12.1 Å². The van der Waals surface area contributed by atoms with E-state index in [1.807, 2.05) is 44.2 Å². The van der Waals surface area contributed by atoms with Crippen LogP contribution in [0.3, 0.4) is 0 Å². The van der Waals surface area contributed by atoms with E-state index in [1.165, 1.54) is 32.4 Å². The molecule has 0 aromatic heterocycles. The molecule has 0 spiro atoms. The molecule has 0 radical (unpaired) electrons. The maximum absolute atomic E-state index is 13.8. The first kappa shape index (κ1) is 29.8. The Kier molecular flexibility index (Phi) is 9.50. The van der Waals surface area contributed by atoms with Crippen molar-refractivity contribution >= 4 is 21.6 Å². The number of nitrogens with zero attached hydrogens (tertiary/aromatic N) is 1. The zero-order valence-corrected chi connectivity index (χ0v) is 24.5. The number of ether oxygens (including phenoxy) is 3. The number of carbonyl (C=O) groups excluding carboxylic acids is 1. The molecule has 3 rings (SSSR count). The Bertz CT molecular complexity index is 1390. The van der Waals surface area contributed by atoms with Crippen LogP contribution in [0, 0.1) is 13.8 Å². The Hall–Kier alpha value is -3.72. The van der Waals surface area contributed by atoms with Crippen molar-refractivity contribution in [3.63, 3.8) is 0 Å². The molecule has 0 unspecified atom stereocenters. The van der Waals surface area contributed by atoms with Crippen molar-refractivity contribution in [3.05, 3.63) is 77.4 Å². The van der Waals surface area contributed by atoms with Crippen molar-refractivity contribution in [3.8, 4) is 17.2 Å². The second-order valence-corrected chi connectivity index (χ2v) is 12.2. The van der Waals surface area contributed by atoms with Crippen LogP contribution in [0.2, 0.25) is 0 Å². The number of para-hydroxylation sites is 1. The average Bonchev–Trinajstić information content (AvgIpc) is 2.88. The van der Waals surface area contributed by atoms with E-state index in [-0.39, 0.29) is 29.2 Å². The van der Waals surface area contributed by atoms with E-state index < -0.39 is 22.5 Å². The van der Waals surface area contributed by atoms with Gasteiger partial charge in [0.1, 0.15) is 18.9 Å². The molecular weight excluding hydrogens is 516 g/mol. The van der Waals surface area contributed by atoms with E-state index in [2.05, 4.69) is 26.1 Å². The molecule has 0 fully saturated rings. The third-order valence-electron chi connectivity index (χ3n) is 6.10. The van der Waals surface area contributed by atoms with Gasteiger partial charge >= 0.3 is 0 Å². The van der Waals surface area contributed by atoms with Gasteiger partial charge in [-0.25, -0.2) is 8.42 Å². The molecule has 0 atom stereocenters. The van der Waals surface area contributed by atoms with E-state index in [0.717, 1.165) is 26.7 Å². The van der Waals surface area contributed by atoms with Crippen molar-refractivity contribution in [2.75, 3.05) is 38.2 Å². The Balaban J connectivity index is 1.80. The molecule has 3 aromatic rings. The summed E-state index contributed by atoms with van der Waals surface area (Å²) < 4.78 is 45.3. The molecule has 1 amide bonds. The molecule has 0 aliphatic carbocycles. The number of aryl methyl sites for hydroxylation is 2. The average molecular weight is 555 g/mol. The minimum Gasteiger partial charge on any atom is -0.493 e. The predicted octanol–water partition coefficient (Wildman–Crippen LogP) is 5.01. The quantitative estimate of drug-likeness (QED) is 0.335. The van der Waals surface area contributed by atoms with Crippen LogP contribution in [-0.2, 0) is 20.2 Å². The maximum atomic E-state index is 13.8. The van der Waals surface area contributed by atoms with Gasteiger partial charge in [-0.1, -0.05) is 45.0 Å². The summed E-state index contributed by atoms with van der Waals surface area (Å²) in [6.07, 6.45) is 0. The van der Waals surface area contributed by atoms with E-state index in [4.69, 9.17) is 14.2 Å². The highest BCUT2D eigenvalue weighted by atomic mass is 32.2. The van der Waals surface area contributed by atoms with Crippen LogP contribution in [0.4, 0.5) is 5.69 Å². The zero-order valence-electron chi connectivity index (χ0n) is 23.7. The van der Waals surface area contributed by atoms with Gasteiger partial charge in [-0.05, 0) is 66.3 Å². The first-order valence-corrected chi connectivity index (χ1v) is 14.1. The number of hydrogen-bond donors (Lipinski definition) is 1. The molecule has 0 heterocycles. The largest absolute Gasteiger partial charge is 0.493 e. The van der Waals surface area contributed by atoms with Crippen LogP contribution >= 0.6 is 0 Å². The molecule has 8 nitrogen and oxygen atoms in total. The predicted molar refractivity (Wildman–Crippen MR) is 154 cm³/mol. The highest BCUT2D eigenvalue weighted by Crippen LogP contribution is 2.33. The van der Waals surface area contributed by atoms with Gasteiger partial charge in [0.05, 0.1) is 31.3 Å². The zero-order chi connectivity index (χ0) is 28.8. The fraction of sp³-hybridized carbons (Fsp3) is 0.367. The standard InChI is InChI=1S/C30H38N2O6S/c1-21-16-22(2)18-23(17-21)32(39(34,35)24-12-13-27(36-6)28(19-24)37-7)20-29(33)31-14-15-38-26-11-9-8-10-25(26)30(3,4)5/h8-13,16-19H,14-15,20H2,1-7H3,(H,31,33). The Labute approximate surface area is 231 Å². The van der Waals surface area contributed by atoms with Gasteiger partial charge in [-0.2, -0.15) is 0 Å². The number of carbonyl (C=O) groups is 1. The second kappa shape index (κ2) is 12.4. The lowest BCUT2D eigenvalue weighted by molar-refractivity contribution is -0.119. The van der Waals surface area contributed by atoms with Crippen molar-refractivity contribution in [2.45, 2.75) is 44.9 Å². The Morgan fingerprint density at radius 3 is 2.13 bits per heavy atom. The molecule has 9 heteroatoms. The van der Waals surface area contributed by atoms with E-state index >= 15 is 0 Å². The topological polar surface area (TPSA) is 94.2 Å². The van der Waals surface area contributed by atoms with Gasteiger partial charge in [0.25, 0.3) is 10.0 Å². The van der Waals surface area contributed by atoms with Gasteiger partial charge in [0.15, 0.2) is 11.5 Å². The number of anilines is 1. The fourth-order valence-corrected chi connectivity index (χ4v) is 5.68. The molecule has 0 saturated carbocycles. The molecule has 0 aliphatic rings. The van der Waals surface area contributed by atoms with Gasteiger partial charge in [-0.15, -0.1) is 0 Å². The normalized spacial score (nSPS) is 11.6.